The Hall–Kier alpha value is -1.71. The van der Waals surface area contributed by atoms with Crippen LogP contribution in [0.1, 0.15) is 34.5 Å². The number of nitrogens with one attached hydrogen (secondary N) is 1. The molecule has 1 atom stereocenters. The molecule has 21 heavy (non-hydrogen) atoms. The fourth-order valence-electron chi connectivity index (χ4n) is 1.93. The number of hydrogen-bond donors (Lipinski definition) is 2. The predicted octanol–water partition coefficient (Wildman–Crippen LogP) is 4.38. The van der Waals surface area contributed by atoms with E-state index in [-0.39, 0.29) is 11.9 Å². The Bertz CT molecular complexity index is 686. The van der Waals surface area contributed by atoms with Crippen molar-refractivity contribution in [3.05, 3.63) is 63.1 Å². The minimum absolute atomic E-state index is 0.180. The van der Waals surface area contributed by atoms with Crippen molar-refractivity contribution in [2.45, 2.75) is 19.9 Å². The number of benzene rings is 2. The van der Waals surface area contributed by atoms with Crippen molar-refractivity contribution in [1.29, 1.82) is 0 Å². The molecular weight excluding hydrogens is 307 g/mol. The maximum atomic E-state index is 12.2. The monoisotopic (exact) mass is 322 g/mol. The summed E-state index contributed by atoms with van der Waals surface area (Å²) in [7, 11) is 0. The highest BCUT2D eigenvalue weighted by molar-refractivity contribution is 6.42. The lowest BCUT2D eigenvalue weighted by Gasteiger charge is -2.15. The van der Waals surface area contributed by atoms with Gasteiger partial charge in [-0.25, -0.2) is 0 Å². The Morgan fingerprint density at radius 3 is 2.48 bits per heavy atom. The molecule has 0 aliphatic rings. The van der Waals surface area contributed by atoms with E-state index >= 15 is 0 Å². The van der Waals surface area contributed by atoms with Crippen molar-refractivity contribution in [2.75, 3.05) is 5.73 Å². The molecule has 2 aromatic rings. The largest absolute Gasteiger partial charge is 0.398 e. The molecule has 0 aliphatic carbocycles. The lowest BCUT2D eigenvalue weighted by Crippen LogP contribution is -2.26. The molecule has 0 fully saturated rings. The van der Waals surface area contributed by atoms with Crippen molar-refractivity contribution >= 4 is 34.8 Å². The van der Waals surface area contributed by atoms with Crippen LogP contribution in [-0.2, 0) is 0 Å². The Kier molecular flexibility index (Phi) is 4.76. The number of anilines is 1. The van der Waals surface area contributed by atoms with Crippen LogP contribution in [0.25, 0.3) is 0 Å². The van der Waals surface area contributed by atoms with E-state index in [9.17, 15) is 4.79 Å². The summed E-state index contributed by atoms with van der Waals surface area (Å²) in [6.07, 6.45) is 0. The molecule has 0 bridgehead atoms. The van der Waals surface area contributed by atoms with Gasteiger partial charge in [0.2, 0.25) is 0 Å². The number of carbonyl (C=O) groups excluding carboxylic acids is 1. The fraction of sp³-hybridized carbons (Fsp3) is 0.188. The van der Waals surface area contributed by atoms with Gasteiger partial charge >= 0.3 is 0 Å². The second-order valence-electron chi connectivity index (χ2n) is 4.94. The Balaban J connectivity index is 2.14. The molecule has 1 amide bonds. The molecule has 5 heteroatoms. The molecule has 0 aromatic heterocycles. The van der Waals surface area contributed by atoms with E-state index in [1.165, 1.54) is 0 Å². The molecule has 3 nitrogen and oxygen atoms in total. The van der Waals surface area contributed by atoms with E-state index < -0.39 is 0 Å². The van der Waals surface area contributed by atoms with Gasteiger partial charge in [0, 0.05) is 11.3 Å². The second kappa shape index (κ2) is 6.37. The average molecular weight is 323 g/mol. The maximum absolute atomic E-state index is 12.2. The molecule has 110 valence electrons. The Labute approximate surface area is 134 Å². The normalized spacial score (nSPS) is 12.0. The first-order chi connectivity index (χ1) is 9.88. The van der Waals surface area contributed by atoms with Gasteiger partial charge in [0.1, 0.15) is 0 Å². The lowest BCUT2D eigenvalue weighted by molar-refractivity contribution is 0.0940. The second-order valence-corrected chi connectivity index (χ2v) is 5.75. The highest BCUT2D eigenvalue weighted by Crippen LogP contribution is 2.25. The van der Waals surface area contributed by atoms with Crippen molar-refractivity contribution in [1.82, 2.24) is 5.32 Å². The number of aryl methyl sites for hydroxylation is 1. The number of nitrogens with two attached hydrogens (primary N) is 1. The van der Waals surface area contributed by atoms with E-state index in [2.05, 4.69) is 5.32 Å². The van der Waals surface area contributed by atoms with Gasteiger partial charge in [-0.1, -0.05) is 35.3 Å². The predicted molar refractivity (Wildman–Crippen MR) is 87.9 cm³/mol. The Morgan fingerprint density at radius 1 is 1.14 bits per heavy atom. The number of carbonyl (C=O) groups is 1. The van der Waals surface area contributed by atoms with Crippen LogP contribution in [0.3, 0.4) is 0 Å². The standard InChI is InChI=1S/C16H16Cl2N2O/c1-9-3-4-12(8-15(9)19)16(21)20-10(2)11-5-6-13(17)14(18)7-11/h3-8,10H,19H2,1-2H3,(H,20,21). The van der Waals surface area contributed by atoms with Gasteiger partial charge < -0.3 is 11.1 Å². The quantitative estimate of drug-likeness (QED) is 0.824. The molecule has 0 saturated heterocycles. The molecule has 1 unspecified atom stereocenters. The molecule has 0 spiro atoms. The highest BCUT2D eigenvalue weighted by atomic mass is 35.5. The molecule has 0 heterocycles. The van der Waals surface area contributed by atoms with E-state index in [1.54, 1.807) is 24.3 Å². The summed E-state index contributed by atoms with van der Waals surface area (Å²) in [5.74, 6) is -0.180. The van der Waals surface area contributed by atoms with Crippen molar-refractivity contribution in [2.24, 2.45) is 0 Å². The molecule has 0 aliphatic heterocycles. The van der Waals surface area contributed by atoms with Crippen molar-refractivity contribution in [3.8, 4) is 0 Å². The molecular formula is C16H16Cl2N2O. The third-order valence-corrected chi connectivity index (χ3v) is 4.07. The van der Waals surface area contributed by atoms with Gasteiger partial charge in [0.05, 0.1) is 16.1 Å². The zero-order valence-corrected chi connectivity index (χ0v) is 13.3. The van der Waals surface area contributed by atoms with Gasteiger partial charge in [-0.15, -0.1) is 0 Å². The van der Waals surface area contributed by atoms with Crippen LogP contribution in [-0.4, -0.2) is 5.91 Å². The number of amides is 1. The van der Waals surface area contributed by atoms with Crippen LogP contribution in [0.4, 0.5) is 5.69 Å². The van der Waals surface area contributed by atoms with Gasteiger partial charge in [0.25, 0.3) is 5.91 Å². The molecule has 3 N–H and O–H groups in total. The smallest absolute Gasteiger partial charge is 0.251 e. The lowest BCUT2D eigenvalue weighted by atomic mass is 10.1. The van der Waals surface area contributed by atoms with Crippen molar-refractivity contribution in [3.63, 3.8) is 0 Å². The van der Waals surface area contributed by atoms with Crippen LogP contribution in [0.2, 0.25) is 10.0 Å². The van der Waals surface area contributed by atoms with Crippen LogP contribution in [0, 0.1) is 6.92 Å². The van der Waals surface area contributed by atoms with E-state index in [4.69, 9.17) is 28.9 Å². The summed E-state index contributed by atoms with van der Waals surface area (Å²) in [6, 6.07) is 10.4. The summed E-state index contributed by atoms with van der Waals surface area (Å²) in [4.78, 5) is 12.2. The van der Waals surface area contributed by atoms with Crippen LogP contribution >= 0.6 is 23.2 Å². The van der Waals surface area contributed by atoms with E-state index in [1.807, 2.05) is 26.0 Å². The maximum Gasteiger partial charge on any atom is 0.251 e. The third-order valence-electron chi connectivity index (χ3n) is 3.33. The van der Waals surface area contributed by atoms with E-state index in [0.29, 0.717) is 21.3 Å². The third kappa shape index (κ3) is 3.69. The summed E-state index contributed by atoms with van der Waals surface area (Å²) in [5, 5.41) is 3.87. The summed E-state index contributed by atoms with van der Waals surface area (Å²) in [5.41, 5.74) is 8.79. The topological polar surface area (TPSA) is 55.1 Å². The first kappa shape index (κ1) is 15.7. The first-order valence-electron chi connectivity index (χ1n) is 6.50. The summed E-state index contributed by atoms with van der Waals surface area (Å²) < 4.78 is 0. The minimum Gasteiger partial charge on any atom is -0.398 e. The minimum atomic E-state index is -0.185. The zero-order chi connectivity index (χ0) is 15.6. The zero-order valence-electron chi connectivity index (χ0n) is 11.8. The van der Waals surface area contributed by atoms with Crippen LogP contribution in [0.5, 0.6) is 0 Å². The molecule has 0 saturated carbocycles. The number of halogens is 2. The van der Waals surface area contributed by atoms with Crippen molar-refractivity contribution < 1.29 is 4.79 Å². The number of hydrogen-bond acceptors (Lipinski definition) is 2. The number of rotatable bonds is 3. The van der Waals surface area contributed by atoms with E-state index in [0.717, 1.165) is 11.1 Å². The summed E-state index contributed by atoms with van der Waals surface area (Å²) in [6.45, 7) is 3.78. The first-order valence-corrected chi connectivity index (χ1v) is 7.26. The van der Waals surface area contributed by atoms with Gasteiger partial charge in [-0.2, -0.15) is 0 Å². The fourth-order valence-corrected chi connectivity index (χ4v) is 2.23. The van der Waals surface area contributed by atoms with Gasteiger partial charge in [-0.05, 0) is 49.2 Å². The highest BCUT2D eigenvalue weighted by Gasteiger charge is 2.13. The van der Waals surface area contributed by atoms with Crippen LogP contribution in [0.15, 0.2) is 36.4 Å². The Morgan fingerprint density at radius 2 is 1.86 bits per heavy atom. The summed E-state index contributed by atoms with van der Waals surface area (Å²) >= 11 is 11.9. The molecule has 2 rings (SSSR count). The molecule has 0 radical (unpaired) electrons. The average Bonchev–Trinajstić information content (AvgIpc) is 2.44. The SMILES string of the molecule is Cc1ccc(C(=O)NC(C)c2ccc(Cl)c(Cl)c2)cc1N. The van der Waals surface area contributed by atoms with Crippen LogP contribution < -0.4 is 11.1 Å². The van der Waals surface area contributed by atoms with Gasteiger partial charge in [-0.3, -0.25) is 4.79 Å². The van der Waals surface area contributed by atoms with Gasteiger partial charge in [0.15, 0.2) is 0 Å². The number of nitrogen functional groups attached to an aromatic ring is 1. The molecule has 2 aromatic carbocycles.